The first-order valence-electron chi connectivity index (χ1n) is 12.1. The molecule has 2 saturated heterocycles. The smallest absolute Gasteiger partial charge is 0.261 e. The quantitative estimate of drug-likeness (QED) is 0.514. The number of hydrogen-bond donors (Lipinski definition) is 2. The van der Waals surface area contributed by atoms with E-state index >= 15 is 0 Å². The monoisotopic (exact) mass is 529 g/mol. The Morgan fingerprint density at radius 1 is 1.24 bits per heavy atom. The van der Waals surface area contributed by atoms with Gasteiger partial charge in [0.15, 0.2) is 9.84 Å². The molecule has 2 aromatic carbocycles. The summed E-state index contributed by atoms with van der Waals surface area (Å²) in [5.41, 5.74) is 3.39. The predicted octanol–water partition coefficient (Wildman–Crippen LogP) is 1.59. The zero-order chi connectivity index (χ0) is 26.5. The van der Waals surface area contributed by atoms with Gasteiger partial charge in [0, 0.05) is 6.61 Å². The third-order valence-corrected chi connectivity index (χ3v) is 9.14. The van der Waals surface area contributed by atoms with E-state index in [0.29, 0.717) is 35.9 Å². The van der Waals surface area contributed by atoms with Gasteiger partial charge in [0.2, 0.25) is 0 Å². The lowest BCUT2D eigenvalue weighted by Crippen LogP contribution is -2.53. The second kappa shape index (κ2) is 9.62. The number of benzene rings is 2. The number of nitrogens with zero attached hydrogens (tertiary/aromatic N) is 2. The Morgan fingerprint density at radius 3 is 2.68 bits per heavy atom. The highest BCUT2D eigenvalue weighted by Gasteiger charge is 2.35. The summed E-state index contributed by atoms with van der Waals surface area (Å²) in [6.07, 6.45) is 1.51. The molecule has 2 aliphatic rings. The summed E-state index contributed by atoms with van der Waals surface area (Å²) in [5.74, 6) is -1.62. The minimum absolute atomic E-state index is 0.136. The molecule has 1 amide bonds. The van der Waals surface area contributed by atoms with Crippen LogP contribution in [0.3, 0.4) is 0 Å². The van der Waals surface area contributed by atoms with Gasteiger partial charge in [0.1, 0.15) is 5.82 Å². The van der Waals surface area contributed by atoms with E-state index in [0.717, 1.165) is 16.7 Å². The van der Waals surface area contributed by atoms with E-state index in [4.69, 9.17) is 4.74 Å². The Bertz CT molecular complexity index is 1560. The molecule has 3 heterocycles. The molecule has 2 fully saturated rings. The van der Waals surface area contributed by atoms with E-state index in [1.807, 2.05) is 13.8 Å². The van der Waals surface area contributed by atoms with Gasteiger partial charge in [-0.25, -0.2) is 17.8 Å². The summed E-state index contributed by atoms with van der Waals surface area (Å²) < 4.78 is 44.2. The molecule has 0 unspecified atom stereocenters. The van der Waals surface area contributed by atoms with Crippen molar-refractivity contribution in [1.29, 1.82) is 0 Å². The van der Waals surface area contributed by atoms with Crippen LogP contribution in [0.4, 0.5) is 4.39 Å². The lowest BCUT2D eigenvalue weighted by Gasteiger charge is -2.29. The fourth-order valence-corrected chi connectivity index (χ4v) is 6.35. The number of nitrogens with one attached hydrogen (secondary N) is 1. The third-order valence-electron chi connectivity index (χ3n) is 7.32. The van der Waals surface area contributed by atoms with Crippen LogP contribution < -0.4 is 10.9 Å². The number of aromatic nitrogens is 2. The van der Waals surface area contributed by atoms with Crippen molar-refractivity contribution < 1.29 is 27.4 Å². The number of ether oxygens (including phenoxy) is 1. The molecule has 0 bridgehead atoms. The minimum atomic E-state index is -3.10. The largest absolute Gasteiger partial charge is 0.389 e. The van der Waals surface area contributed by atoms with E-state index in [1.54, 1.807) is 12.1 Å². The highest BCUT2D eigenvalue weighted by Crippen LogP contribution is 2.26. The maximum absolute atomic E-state index is 14.8. The third kappa shape index (κ3) is 4.90. The molecule has 0 radical (unpaired) electrons. The van der Waals surface area contributed by atoms with Crippen molar-refractivity contribution >= 4 is 26.6 Å². The van der Waals surface area contributed by atoms with Gasteiger partial charge in [-0.15, -0.1) is 0 Å². The van der Waals surface area contributed by atoms with Crippen molar-refractivity contribution in [3.8, 4) is 0 Å². The number of hydrogen-bond acceptors (Lipinski definition) is 7. The lowest BCUT2D eigenvalue weighted by atomic mass is 9.94. The first kappa shape index (κ1) is 25.5. The second-order valence-corrected chi connectivity index (χ2v) is 12.0. The highest BCUT2D eigenvalue weighted by molar-refractivity contribution is 7.92. The van der Waals surface area contributed by atoms with Gasteiger partial charge in [-0.3, -0.25) is 14.2 Å². The highest BCUT2D eigenvalue weighted by atomic mass is 32.2. The number of carbonyl (C=O) groups excluding carboxylic acids is 1. The topological polar surface area (TPSA) is 128 Å². The van der Waals surface area contributed by atoms with Crippen LogP contribution in [0.1, 0.15) is 45.1 Å². The van der Waals surface area contributed by atoms with Gasteiger partial charge >= 0.3 is 0 Å². The summed E-state index contributed by atoms with van der Waals surface area (Å²) in [5, 5.41) is 13.3. The maximum atomic E-state index is 14.8. The summed E-state index contributed by atoms with van der Waals surface area (Å²) in [6, 6.07) is 5.16. The molecule has 1 aromatic heterocycles. The van der Waals surface area contributed by atoms with E-state index in [-0.39, 0.29) is 29.2 Å². The molecule has 2 aliphatic heterocycles. The average Bonchev–Trinajstić information content (AvgIpc) is 2.82. The number of halogens is 1. The van der Waals surface area contributed by atoms with Crippen molar-refractivity contribution in [3.05, 3.63) is 74.6 Å². The number of amides is 1. The molecule has 9 nitrogen and oxygen atoms in total. The molecule has 2 N–H and O–H groups in total. The number of aliphatic hydroxyl groups excluding tert-OH is 1. The fraction of sp³-hybridized carbons (Fsp3) is 0.423. The van der Waals surface area contributed by atoms with Crippen molar-refractivity contribution in [1.82, 2.24) is 14.9 Å². The molecule has 0 saturated carbocycles. The van der Waals surface area contributed by atoms with E-state index in [9.17, 15) is 27.5 Å². The second-order valence-electron chi connectivity index (χ2n) is 9.88. The molecule has 37 heavy (non-hydrogen) atoms. The van der Waals surface area contributed by atoms with E-state index in [1.165, 1.54) is 23.0 Å². The Kier molecular flexibility index (Phi) is 6.63. The first-order chi connectivity index (χ1) is 17.5. The van der Waals surface area contributed by atoms with Crippen molar-refractivity contribution in [2.24, 2.45) is 0 Å². The van der Waals surface area contributed by atoms with Gasteiger partial charge in [-0.1, -0.05) is 6.07 Å². The normalized spacial score (nSPS) is 21.5. The lowest BCUT2D eigenvalue weighted by molar-refractivity contribution is -0.0395. The standard InChI is InChI=1S/C26H28FN3O6S/c1-14-15(2)24-20(26(33)30(13-28-24)22-5-6-36-10-23(22)31)9-17(14)7-16-3-4-19(21(27)8-16)25(32)29-18-11-37(34,35)12-18/h3-4,8-9,13,18,22-23,31H,5-7,10-12H2,1-2H3,(H,29,32)/t22-,23-/m0/s1. The molecule has 2 atom stereocenters. The summed E-state index contributed by atoms with van der Waals surface area (Å²) in [4.78, 5) is 30.3. The molecule has 0 spiro atoms. The molecule has 0 aliphatic carbocycles. The molecular formula is C26H28FN3O6S. The van der Waals surface area contributed by atoms with Crippen LogP contribution in [-0.2, 0) is 21.0 Å². The van der Waals surface area contributed by atoms with E-state index in [2.05, 4.69) is 10.3 Å². The van der Waals surface area contributed by atoms with Crippen molar-refractivity contribution in [3.63, 3.8) is 0 Å². The van der Waals surface area contributed by atoms with Gasteiger partial charge in [0.25, 0.3) is 11.5 Å². The van der Waals surface area contributed by atoms with Crippen LogP contribution in [0.25, 0.3) is 10.9 Å². The Labute approximate surface area is 213 Å². The fourth-order valence-electron chi connectivity index (χ4n) is 5.05. The van der Waals surface area contributed by atoms with Gasteiger partial charge in [0.05, 0.1) is 59.1 Å². The van der Waals surface area contributed by atoms with Crippen LogP contribution in [0, 0.1) is 19.7 Å². The summed E-state index contributed by atoms with van der Waals surface area (Å²) >= 11 is 0. The van der Waals surface area contributed by atoms with Gasteiger partial charge in [-0.2, -0.15) is 0 Å². The number of carbonyl (C=O) groups is 1. The van der Waals surface area contributed by atoms with Crippen LogP contribution in [-0.4, -0.2) is 65.8 Å². The first-order valence-corrected chi connectivity index (χ1v) is 13.9. The number of rotatable bonds is 5. The predicted molar refractivity (Wildman–Crippen MR) is 135 cm³/mol. The number of aliphatic hydroxyl groups is 1. The minimum Gasteiger partial charge on any atom is -0.389 e. The van der Waals surface area contributed by atoms with Crippen LogP contribution in [0.2, 0.25) is 0 Å². The zero-order valence-corrected chi connectivity index (χ0v) is 21.3. The Hall–Kier alpha value is -3.15. The zero-order valence-electron chi connectivity index (χ0n) is 20.5. The Morgan fingerprint density at radius 2 is 2.00 bits per heavy atom. The summed E-state index contributed by atoms with van der Waals surface area (Å²) in [7, 11) is -3.10. The SMILES string of the molecule is Cc1c(Cc2ccc(C(=O)NC3CS(=O)(=O)C3)c(F)c2)cc2c(=O)n([C@H]3CCOC[C@@H]3O)cnc2c1C. The molecule has 3 aromatic rings. The van der Waals surface area contributed by atoms with Crippen LogP contribution in [0.5, 0.6) is 0 Å². The van der Waals surface area contributed by atoms with E-state index < -0.39 is 39.7 Å². The number of aryl methyl sites for hydroxylation is 1. The molecule has 196 valence electrons. The average molecular weight is 530 g/mol. The molecule has 11 heteroatoms. The van der Waals surface area contributed by atoms with Crippen molar-refractivity contribution in [2.45, 2.75) is 44.9 Å². The Balaban J connectivity index is 1.42. The number of fused-ring (bicyclic) bond motifs is 1. The number of sulfone groups is 1. The van der Waals surface area contributed by atoms with Crippen molar-refractivity contribution in [2.75, 3.05) is 24.7 Å². The maximum Gasteiger partial charge on any atom is 0.261 e. The molecular weight excluding hydrogens is 501 g/mol. The van der Waals surface area contributed by atoms with Gasteiger partial charge < -0.3 is 15.2 Å². The molecule has 5 rings (SSSR count). The van der Waals surface area contributed by atoms with Crippen LogP contribution >= 0.6 is 0 Å². The van der Waals surface area contributed by atoms with Gasteiger partial charge in [-0.05, 0) is 67.1 Å². The van der Waals surface area contributed by atoms with Crippen LogP contribution in [0.15, 0.2) is 35.4 Å². The summed E-state index contributed by atoms with van der Waals surface area (Å²) in [6.45, 7) is 4.41.